The first-order valence-electron chi connectivity index (χ1n) is 10.4. The van der Waals surface area contributed by atoms with Crippen LogP contribution in [0.5, 0.6) is 0 Å². The number of aromatic nitrogens is 1. The molecule has 1 N–H and O–H groups in total. The largest absolute Gasteiger partial charge is 0.342 e. The van der Waals surface area contributed by atoms with Gasteiger partial charge in [-0.3, -0.25) is 14.6 Å². The molecule has 31 heavy (non-hydrogen) atoms. The number of carbonyl (C=O) groups excluding carboxylic acids is 2. The summed E-state index contributed by atoms with van der Waals surface area (Å²) in [6.45, 7) is 1.09. The molecule has 2 heterocycles. The molecule has 2 amide bonds. The number of amides is 2. The topological polar surface area (TPSA) is 62.3 Å². The predicted molar refractivity (Wildman–Crippen MR) is 118 cm³/mol. The summed E-state index contributed by atoms with van der Waals surface area (Å²) in [4.78, 5) is 31.4. The first-order valence-corrected chi connectivity index (χ1v) is 10.4. The summed E-state index contributed by atoms with van der Waals surface area (Å²) in [5.41, 5.74) is 3.33. The SMILES string of the molecule is O=C(Nc1cccc(-c2ccc(F)cc2)c1)[C@@H]1CCCN(C(=O)Cc2cccnc2)C1. The van der Waals surface area contributed by atoms with Gasteiger partial charge in [0.2, 0.25) is 11.8 Å². The van der Waals surface area contributed by atoms with Crippen molar-refractivity contribution in [1.29, 1.82) is 0 Å². The van der Waals surface area contributed by atoms with Crippen molar-refractivity contribution >= 4 is 17.5 Å². The Morgan fingerprint density at radius 3 is 2.68 bits per heavy atom. The van der Waals surface area contributed by atoms with Gasteiger partial charge in [-0.2, -0.15) is 0 Å². The van der Waals surface area contributed by atoms with Gasteiger partial charge in [0.25, 0.3) is 0 Å². The second kappa shape index (κ2) is 9.51. The van der Waals surface area contributed by atoms with E-state index in [9.17, 15) is 14.0 Å². The van der Waals surface area contributed by atoms with E-state index >= 15 is 0 Å². The van der Waals surface area contributed by atoms with Gasteiger partial charge < -0.3 is 10.2 Å². The number of halogens is 1. The molecule has 0 bridgehead atoms. The summed E-state index contributed by atoms with van der Waals surface area (Å²) >= 11 is 0. The summed E-state index contributed by atoms with van der Waals surface area (Å²) < 4.78 is 13.2. The van der Waals surface area contributed by atoms with Crippen LogP contribution in [-0.2, 0) is 16.0 Å². The molecule has 1 aliphatic rings. The summed E-state index contributed by atoms with van der Waals surface area (Å²) in [5.74, 6) is -0.604. The van der Waals surface area contributed by atoms with Gasteiger partial charge in [-0.25, -0.2) is 4.39 Å². The van der Waals surface area contributed by atoms with Crippen molar-refractivity contribution in [2.45, 2.75) is 19.3 Å². The van der Waals surface area contributed by atoms with E-state index in [0.717, 1.165) is 29.5 Å². The lowest BCUT2D eigenvalue weighted by Crippen LogP contribution is -2.44. The van der Waals surface area contributed by atoms with Crippen molar-refractivity contribution in [1.82, 2.24) is 9.88 Å². The van der Waals surface area contributed by atoms with E-state index in [1.54, 1.807) is 29.4 Å². The molecule has 6 heteroatoms. The monoisotopic (exact) mass is 417 g/mol. The van der Waals surface area contributed by atoms with Crippen LogP contribution in [0, 0.1) is 11.7 Å². The average Bonchev–Trinajstić information content (AvgIpc) is 2.80. The Morgan fingerprint density at radius 1 is 1.06 bits per heavy atom. The van der Waals surface area contributed by atoms with Crippen LogP contribution in [0.4, 0.5) is 10.1 Å². The zero-order chi connectivity index (χ0) is 21.6. The number of nitrogens with zero attached hydrogens (tertiary/aromatic N) is 2. The highest BCUT2D eigenvalue weighted by Crippen LogP contribution is 2.24. The molecule has 158 valence electrons. The Bertz CT molecular complexity index is 1050. The van der Waals surface area contributed by atoms with E-state index in [-0.39, 0.29) is 23.5 Å². The molecule has 1 aromatic heterocycles. The Hall–Kier alpha value is -3.54. The van der Waals surface area contributed by atoms with Gasteiger partial charge >= 0.3 is 0 Å². The summed E-state index contributed by atoms with van der Waals surface area (Å²) in [7, 11) is 0. The van der Waals surface area contributed by atoms with E-state index in [1.807, 2.05) is 36.4 Å². The van der Waals surface area contributed by atoms with Gasteiger partial charge in [-0.15, -0.1) is 0 Å². The Balaban J connectivity index is 1.38. The van der Waals surface area contributed by atoms with E-state index in [2.05, 4.69) is 10.3 Å². The molecule has 1 saturated heterocycles. The lowest BCUT2D eigenvalue weighted by Gasteiger charge is -2.32. The van der Waals surface area contributed by atoms with E-state index in [1.165, 1.54) is 12.1 Å². The quantitative estimate of drug-likeness (QED) is 0.673. The minimum Gasteiger partial charge on any atom is -0.342 e. The maximum atomic E-state index is 13.2. The molecule has 0 unspecified atom stereocenters. The molecule has 0 aliphatic carbocycles. The Kier molecular flexibility index (Phi) is 6.36. The first-order chi connectivity index (χ1) is 15.1. The van der Waals surface area contributed by atoms with Gasteiger partial charge in [-0.05, 0) is 59.9 Å². The van der Waals surface area contributed by atoms with Crippen LogP contribution >= 0.6 is 0 Å². The number of likely N-dealkylation sites (tertiary alicyclic amines) is 1. The van der Waals surface area contributed by atoms with Crippen molar-refractivity contribution in [3.8, 4) is 11.1 Å². The number of nitrogens with one attached hydrogen (secondary N) is 1. The molecule has 0 saturated carbocycles. The third-order valence-corrected chi connectivity index (χ3v) is 5.53. The predicted octanol–water partition coefficient (Wildman–Crippen LogP) is 4.31. The molecular formula is C25H24FN3O2. The maximum Gasteiger partial charge on any atom is 0.229 e. The van der Waals surface area contributed by atoms with Crippen molar-refractivity contribution in [2.24, 2.45) is 5.92 Å². The highest BCUT2D eigenvalue weighted by molar-refractivity contribution is 5.94. The molecule has 2 aromatic carbocycles. The number of benzene rings is 2. The molecular weight excluding hydrogens is 393 g/mol. The Labute approximate surface area is 180 Å². The zero-order valence-electron chi connectivity index (χ0n) is 17.1. The van der Waals surface area contributed by atoms with Gasteiger partial charge in [0.15, 0.2) is 0 Å². The highest BCUT2D eigenvalue weighted by Gasteiger charge is 2.28. The lowest BCUT2D eigenvalue weighted by molar-refractivity contribution is -0.133. The lowest BCUT2D eigenvalue weighted by atomic mass is 9.96. The number of anilines is 1. The van der Waals surface area contributed by atoms with Crippen LogP contribution in [0.1, 0.15) is 18.4 Å². The zero-order valence-corrected chi connectivity index (χ0v) is 17.1. The van der Waals surface area contributed by atoms with Gasteiger partial charge in [0, 0.05) is 31.2 Å². The number of carbonyl (C=O) groups is 2. The van der Waals surface area contributed by atoms with E-state index in [0.29, 0.717) is 25.2 Å². The van der Waals surface area contributed by atoms with Crippen molar-refractivity contribution in [2.75, 3.05) is 18.4 Å². The van der Waals surface area contributed by atoms with E-state index < -0.39 is 0 Å². The number of piperidine rings is 1. The molecule has 1 atom stereocenters. The van der Waals surface area contributed by atoms with Crippen molar-refractivity contribution < 1.29 is 14.0 Å². The third kappa shape index (κ3) is 5.34. The van der Waals surface area contributed by atoms with Crippen LogP contribution < -0.4 is 5.32 Å². The summed E-state index contributed by atoms with van der Waals surface area (Å²) in [6, 6.07) is 17.4. The summed E-state index contributed by atoms with van der Waals surface area (Å²) in [5, 5.41) is 2.98. The molecule has 4 rings (SSSR count). The molecule has 5 nitrogen and oxygen atoms in total. The van der Waals surface area contributed by atoms with Gasteiger partial charge in [0.1, 0.15) is 5.82 Å². The second-order valence-electron chi connectivity index (χ2n) is 7.79. The number of hydrogen-bond acceptors (Lipinski definition) is 3. The standard InChI is InChI=1S/C25H24FN3O2/c26-22-10-8-19(9-11-22)20-5-1-7-23(15-20)28-25(31)21-6-3-13-29(17-21)24(30)14-18-4-2-12-27-16-18/h1-2,4-5,7-12,15-16,21H,3,6,13-14,17H2,(H,28,31)/t21-/m1/s1. The minimum atomic E-state index is -0.284. The molecule has 1 aliphatic heterocycles. The van der Waals surface area contributed by atoms with Crippen LogP contribution in [-0.4, -0.2) is 34.8 Å². The molecule has 0 radical (unpaired) electrons. The highest BCUT2D eigenvalue weighted by atomic mass is 19.1. The number of pyridine rings is 1. The van der Waals surface area contributed by atoms with Crippen molar-refractivity contribution in [3.05, 3.63) is 84.4 Å². The normalized spacial score (nSPS) is 16.0. The number of hydrogen-bond donors (Lipinski definition) is 1. The van der Waals surface area contributed by atoms with Crippen LogP contribution in [0.25, 0.3) is 11.1 Å². The fraction of sp³-hybridized carbons (Fsp3) is 0.240. The van der Waals surface area contributed by atoms with Gasteiger partial charge in [-0.1, -0.05) is 30.3 Å². The molecule has 0 spiro atoms. The Morgan fingerprint density at radius 2 is 1.90 bits per heavy atom. The fourth-order valence-electron chi connectivity index (χ4n) is 3.87. The minimum absolute atomic E-state index is 0.0174. The van der Waals surface area contributed by atoms with Crippen LogP contribution in [0.15, 0.2) is 73.1 Å². The van der Waals surface area contributed by atoms with Crippen molar-refractivity contribution in [3.63, 3.8) is 0 Å². The molecule has 3 aromatic rings. The first kappa shape index (κ1) is 20.7. The van der Waals surface area contributed by atoms with E-state index in [4.69, 9.17) is 0 Å². The smallest absolute Gasteiger partial charge is 0.229 e. The third-order valence-electron chi connectivity index (χ3n) is 5.53. The second-order valence-corrected chi connectivity index (χ2v) is 7.79. The molecule has 1 fully saturated rings. The summed E-state index contributed by atoms with van der Waals surface area (Å²) in [6.07, 6.45) is 5.22. The van der Waals surface area contributed by atoms with Crippen LogP contribution in [0.3, 0.4) is 0 Å². The maximum absolute atomic E-state index is 13.2. The number of rotatable bonds is 5. The average molecular weight is 417 g/mol. The van der Waals surface area contributed by atoms with Gasteiger partial charge in [0.05, 0.1) is 12.3 Å². The van der Waals surface area contributed by atoms with Crippen LogP contribution in [0.2, 0.25) is 0 Å². The fourth-order valence-corrected chi connectivity index (χ4v) is 3.87.